The average Bonchev–Trinajstić information content (AvgIpc) is 3.48. The molecule has 0 bridgehead atoms. The summed E-state index contributed by atoms with van der Waals surface area (Å²) in [7, 11) is 0. The Balaban J connectivity index is 1.71. The molecule has 1 amide bonds. The van der Waals surface area contributed by atoms with Crippen LogP contribution in [0.25, 0.3) is 22.9 Å². The topological polar surface area (TPSA) is 70.7 Å². The van der Waals surface area contributed by atoms with Crippen molar-refractivity contribution in [3.05, 3.63) is 70.7 Å². The molecule has 0 spiro atoms. The second kappa shape index (κ2) is 8.03. The van der Waals surface area contributed by atoms with Crippen molar-refractivity contribution in [1.82, 2.24) is 20.5 Å². The molecule has 148 valence electrons. The molecule has 5 nitrogen and oxygen atoms in total. The molecule has 1 aliphatic carbocycles. The Bertz CT molecular complexity index is 1080. The Morgan fingerprint density at radius 1 is 1.21 bits per heavy atom. The molecule has 4 rings (SSSR count). The molecule has 0 aliphatic heterocycles. The first-order valence-corrected chi connectivity index (χ1v) is 10.1. The minimum Gasteiger partial charge on any atom is -0.349 e. The highest BCUT2D eigenvalue weighted by atomic mass is 16.1. The molecule has 1 aliphatic rings. The molecule has 2 aromatic heterocycles. The van der Waals surface area contributed by atoms with Crippen molar-refractivity contribution in [1.29, 1.82) is 0 Å². The first-order chi connectivity index (χ1) is 14.1. The molecule has 2 N–H and O–H groups in total. The normalized spacial score (nSPS) is 14.1. The van der Waals surface area contributed by atoms with Crippen molar-refractivity contribution in [2.24, 2.45) is 0 Å². The number of benzene rings is 1. The van der Waals surface area contributed by atoms with Gasteiger partial charge in [0.1, 0.15) is 0 Å². The first-order valence-electron chi connectivity index (χ1n) is 10.1. The van der Waals surface area contributed by atoms with Gasteiger partial charge in [-0.05, 0) is 62.0 Å². The van der Waals surface area contributed by atoms with Gasteiger partial charge in [0.2, 0.25) is 0 Å². The molecule has 5 heteroatoms. The maximum Gasteiger partial charge on any atom is 0.253 e. The third kappa shape index (κ3) is 4.14. The van der Waals surface area contributed by atoms with Crippen molar-refractivity contribution < 1.29 is 4.79 Å². The predicted molar refractivity (Wildman–Crippen MR) is 116 cm³/mol. The lowest BCUT2D eigenvalue weighted by Gasteiger charge is -2.09. The maximum atomic E-state index is 12.4. The number of aromatic nitrogens is 3. The number of allylic oxidation sites excluding steroid dienone is 1. The molecule has 1 fully saturated rings. The van der Waals surface area contributed by atoms with Gasteiger partial charge in [-0.15, -0.1) is 0 Å². The first kappa shape index (κ1) is 19.1. The predicted octanol–water partition coefficient (Wildman–Crippen LogP) is 4.93. The van der Waals surface area contributed by atoms with E-state index in [0.29, 0.717) is 11.6 Å². The van der Waals surface area contributed by atoms with Gasteiger partial charge in [-0.1, -0.05) is 31.2 Å². The van der Waals surface area contributed by atoms with E-state index in [0.717, 1.165) is 52.9 Å². The number of rotatable bonds is 6. The minimum absolute atomic E-state index is 0.0441. The van der Waals surface area contributed by atoms with Gasteiger partial charge in [-0.3, -0.25) is 14.9 Å². The highest BCUT2D eigenvalue weighted by Gasteiger charge is 2.24. The molecule has 0 unspecified atom stereocenters. The van der Waals surface area contributed by atoms with Gasteiger partial charge in [-0.2, -0.15) is 5.10 Å². The monoisotopic (exact) mass is 386 g/mol. The Kier molecular flexibility index (Phi) is 5.30. The zero-order chi connectivity index (χ0) is 20.4. The second-order valence-corrected chi connectivity index (χ2v) is 7.66. The fourth-order valence-corrected chi connectivity index (χ4v) is 3.46. The lowest BCUT2D eigenvalue weighted by Crippen LogP contribution is -2.25. The van der Waals surface area contributed by atoms with E-state index in [-0.39, 0.29) is 5.91 Å². The molecule has 0 atom stereocenters. The largest absolute Gasteiger partial charge is 0.349 e. The number of carbonyl (C=O) groups is 1. The number of amides is 1. The SMILES string of the molecule is CC/C(=C\c1c(-c2ccccc2C)n[nH]c1C)c1cncc(C(=O)NC2CC2)c1. The van der Waals surface area contributed by atoms with Crippen LogP contribution in [0.15, 0.2) is 42.7 Å². The number of hydrogen-bond donors (Lipinski definition) is 2. The number of nitrogens with one attached hydrogen (secondary N) is 2. The third-order valence-electron chi connectivity index (χ3n) is 5.38. The molecule has 1 saturated carbocycles. The van der Waals surface area contributed by atoms with Crippen LogP contribution in [-0.4, -0.2) is 27.1 Å². The van der Waals surface area contributed by atoms with Gasteiger partial charge in [-0.25, -0.2) is 0 Å². The van der Waals surface area contributed by atoms with Crippen LogP contribution < -0.4 is 5.32 Å². The average molecular weight is 386 g/mol. The second-order valence-electron chi connectivity index (χ2n) is 7.66. The zero-order valence-electron chi connectivity index (χ0n) is 17.1. The van der Waals surface area contributed by atoms with Gasteiger partial charge in [0.05, 0.1) is 11.3 Å². The summed E-state index contributed by atoms with van der Waals surface area (Å²) in [6.07, 6.45) is 8.59. The van der Waals surface area contributed by atoms with Crippen LogP contribution in [0.5, 0.6) is 0 Å². The van der Waals surface area contributed by atoms with Crippen LogP contribution in [-0.2, 0) is 0 Å². The summed E-state index contributed by atoms with van der Waals surface area (Å²) in [6.45, 7) is 6.25. The van der Waals surface area contributed by atoms with Crippen LogP contribution in [0.3, 0.4) is 0 Å². The van der Waals surface area contributed by atoms with Gasteiger partial charge in [0, 0.05) is 35.3 Å². The maximum absolute atomic E-state index is 12.4. The number of H-pyrrole nitrogens is 1. The Morgan fingerprint density at radius 3 is 2.69 bits per heavy atom. The fourth-order valence-electron chi connectivity index (χ4n) is 3.46. The third-order valence-corrected chi connectivity index (χ3v) is 5.38. The van der Waals surface area contributed by atoms with Crippen molar-refractivity contribution >= 4 is 17.6 Å². The van der Waals surface area contributed by atoms with Gasteiger partial charge in [0.25, 0.3) is 5.91 Å². The molecule has 29 heavy (non-hydrogen) atoms. The molecule has 3 aromatic rings. The molecular weight excluding hydrogens is 360 g/mol. The number of aryl methyl sites for hydroxylation is 2. The van der Waals surface area contributed by atoms with Crippen LogP contribution in [0.4, 0.5) is 0 Å². The van der Waals surface area contributed by atoms with Crippen LogP contribution in [0.2, 0.25) is 0 Å². The van der Waals surface area contributed by atoms with Crippen LogP contribution in [0, 0.1) is 13.8 Å². The number of carbonyl (C=O) groups excluding carboxylic acids is 1. The minimum atomic E-state index is -0.0441. The van der Waals surface area contributed by atoms with Gasteiger partial charge in [0.15, 0.2) is 0 Å². The summed E-state index contributed by atoms with van der Waals surface area (Å²) in [5, 5.41) is 10.7. The van der Waals surface area contributed by atoms with E-state index in [9.17, 15) is 4.79 Å². The summed E-state index contributed by atoms with van der Waals surface area (Å²) < 4.78 is 0. The smallest absolute Gasteiger partial charge is 0.253 e. The van der Waals surface area contributed by atoms with Crippen LogP contribution in [0.1, 0.15) is 58.9 Å². The molecule has 0 radical (unpaired) electrons. The molecular formula is C24H26N4O. The number of nitrogens with zero attached hydrogens (tertiary/aromatic N) is 2. The molecule has 1 aromatic carbocycles. The van der Waals surface area contributed by atoms with E-state index >= 15 is 0 Å². The van der Waals surface area contributed by atoms with E-state index in [4.69, 9.17) is 0 Å². The van der Waals surface area contributed by atoms with Crippen molar-refractivity contribution in [2.75, 3.05) is 0 Å². The standard InChI is InChI=1S/C24H26N4O/c1-4-17(18-11-19(14-25-13-18)24(29)26-20-9-10-20)12-22-16(3)27-28-23(22)21-8-6-5-7-15(21)2/h5-8,11-14,20H,4,9-10H2,1-3H3,(H,26,29)(H,27,28)/b17-12+. The van der Waals surface area contributed by atoms with E-state index in [1.165, 1.54) is 5.56 Å². The van der Waals surface area contributed by atoms with E-state index < -0.39 is 0 Å². The van der Waals surface area contributed by atoms with Gasteiger partial charge >= 0.3 is 0 Å². The summed E-state index contributed by atoms with van der Waals surface area (Å²) in [6, 6.07) is 10.5. The molecule has 0 saturated heterocycles. The highest BCUT2D eigenvalue weighted by Crippen LogP contribution is 2.31. The van der Waals surface area contributed by atoms with Crippen molar-refractivity contribution in [3.63, 3.8) is 0 Å². The molecule has 2 heterocycles. The zero-order valence-corrected chi connectivity index (χ0v) is 17.1. The number of pyridine rings is 1. The van der Waals surface area contributed by atoms with Crippen molar-refractivity contribution in [2.45, 2.75) is 46.1 Å². The van der Waals surface area contributed by atoms with E-state index in [2.05, 4.69) is 52.6 Å². The van der Waals surface area contributed by atoms with Gasteiger partial charge < -0.3 is 5.32 Å². The summed E-state index contributed by atoms with van der Waals surface area (Å²) in [4.78, 5) is 16.7. The quantitative estimate of drug-likeness (QED) is 0.631. The van der Waals surface area contributed by atoms with Crippen molar-refractivity contribution in [3.8, 4) is 11.3 Å². The fraction of sp³-hybridized carbons (Fsp3) is 0.292. The number of aromatic amines is 1. The number of hydrogen-bond acceptors (Lipinski definition) is 3. The van der Waals surface area contributed by atoms with Crippen LogP contribution >= 0.6 is 0 Å². The Labute approximate surface area is 171 Å². The van der Waals surface area contributed by atoms with E-state index in [1.54, 1.807) is 6.20 Å². The summed E-state index contributed by atoms with van der Waals surface area (Å²) >= 11 is 0. The Morgan fingerprint density at radius 2 is 1.97 bits per heavy atom. The summed E-state index contributed by atoms with van der Waals surface area (Å²) in [5.74, 6) is -0.0441. The van der Waals surface area contributed by atoms with E-state index in [1.807, 2.05) is 31.3 Å². The summed E-state index contributed by atoms with van der Waals surface area (Å²) in [5.41, 5.74) is 8.04. The Hall–Kier alpha value is -3.21. The highest BCUT2D eigenvalue weighted by molar-refractivity contribution is 5.96. The lowest BCUT2D eigenvalue weighted by molar-refractivity contribution is 0.0950. The lowest BCUT2D eigenvalue weighted by atomic mass is 9.96.